The van der Waals surface area contributed by atoms with Crippen molar-refractivity contribution in [3.8, 4) is 11.3 Å². The van der Waals surface area contributed by atoms with E-state index in [9.17, 15) is 14.9 Å². The van der Waals surface area contributed by atoms with Crippen molar-refractivity contribution in [2.75, 3.05) is 5.75 Å². The summed E-state index contributed by atoms with van der Waals surface area (Å²) in [6.45, 7) is 3.96. The fourth-order valence-electron chi connectivity index (χ4n) is 4.27. The molecule has 2 aliphatic heterocycles. The molecule has 1 amide bonds. The van der Waals surface area contributed by atoms with Crippen LogP contribution in [0.2, 0.25) is 0 Å². The average Bonchev–Trinajstić information content (AvgIpc) is 3.35. The molecule has 1 atom stereocenters. The Bertz CT molecular complexity index is 1500. The highest BCUT2D eigenvalue weighted by Gasteiger charge is 2.36. The monoisotopic (exact) mass is 503 g/mol. The molecule has 184 valence electrons. The van der Waals surface area contributed by atoms with Crippen LogP contribution in [-0.4, -0.2) is 26.8 Å². The molecule has 0 bridgehead atoms. The molecule has 36 heavy (non-hydrogen) atoms. The Kier molecular flexibility index (Phi) is 6.60. The number of rotatable bonds is 7. The normalized spacial score (nSPS) is 16.6. The lowest BCUT2D eigenvalue weighted by molar-refractivity contribution is -0.384. The van der Waals surface area contributed by atoms with E-state index in [1.807, 2.05) is 36.4 Å². The highest BCUT2D eigenvalue weighted by Crippen LogP contribution is 2.35. The summed E-state index contributed by atoms with van der Waals surface area (Å²) in [5.74, 6) is 1.71. The molecule has 0 saturated carbocycles. The minimum atomic E-state index is -0.667. The van der Waals surface area contributed by atoms with Crippen LogP contribution in [-0.2, 0) is 4.79 Å². The molecule has 0 spiro atoms. The molecular formula is C26H25N5O4S. The number of nitro benzene ring substituents is 1. The van der Waals surface area contributed by atoms with Crippen molar-refractivity contribution in [1.29, 1.82) is 0 Å². The van der Waals surface area contributed by atoms with Gasteiger partial charge in [0.1, 0.15) is 11.5 Å². The summed E-state index contributed by atoms with van der Waals surface area (Å²) < 4.78 is 6.21. The van der Waals surface area contributed by atoms with Gasteiger partial charge in [0.05, 0.1) is 10.3 Å². The number of carbonyl (C=O) groups excluding carboxylic acids is 1. The number of amidine groups is 1. The predicted octanol–water partition coefficient (Wildman–Crippen LogP) is 4.23. The Morgan fingerprint density at radius 1 is 1.17 bits per heavy atom. The third kappa shape index (κ3) is 4.51. The fraction of sp³-hybridized carbons (Fsp3) is 0.269. The van der Waals surface area contributed by atoms with Gasteiger partial charge in [-0.05, 0) is 43.2 Å². The van der Waals surface area contributed by atoms with Crippen LogP contribution < -0.4 is 15.9 Å². The van der Waals surface area contributed by atoms with Crippen molar-refractivity contribution < 1.29 is 14.1 Å². The number of nitrogens with zero attached hydrogens (tertiary/aromatic N) is 4. The summed E-state index contributed by atoms with van der Waals surface area (Å²) in [5, 5.41) is 22.4. The molecule has 2 aromatic carbocycles. The number of fused-ring (bicyclic) bond motifs is 2. The van der Waals surface area contributed by atoms with E-state index in [0.29, 0.717) is 33.0 Å². The molecule has 0 saturated heterocycles. The summed E-state index contributed by atoms with van der Waals surface area (Å²) in [4.78, 5) is 28.8. The SMILES string of the molecule is CCCCCSC1=NN2C(=c3ccccc3=N[C@@H]2c2ccc(-c3ccc([N+](=O)[O-])cc3C)o2)C(=O)N1. The molecule has 9 nitrogen and oxygen atoms in total. The lowest BCUT2D eigenvalue weighted by atomic mass is 10.1. The summed E-state index contributed by atoms with van der Waals surface area (Å²) >= 11 is 1.52. The van der Waals surface area contributed by atoms with Crippen molar-refractivity contribution in [3.05, 3.63) is 86.6 Å². The maximum absolute atomic E-state index is 13.2. The molecular weight excluding hydrogens is 478 g/mol. The second-order valence-electron chi connectivity index (χ2n) is 8.59. The van der Waals surface area contributed by atoms with Crippen LogP contribution in [0.15, 0.2) is 69.1 Å². The Labute approximate surface area is 211 Å². The molecule has 0 radical (unpaired) electrons. The summed E-state index contributed by atoms with van der Waals surface area (Å²) in [6.07, 6.45) is 2.62. The van der Waals surface area contributed by atoms with Gasteiger partial charge in [0, 0.05) is 28.7 Å². The molecule has 10 heteroatoms. The summed E-state index contributed by atoms with van der Waals surface area (Å²) in [5.41, 5.74) is 1.93. The van der Waals surface area contributed by atoms with Crippen LogP contribution in [0.1, 0.15) is 43.7 Å². The van der Waals surface area contributed by atoms with Crippen molar-refractivity contribution in [1.82, 2.24) is 10.3 Å². The maximum Gasteiger partial charge on any atom is 0.276 e. The van der Waals surface area contributed by atoms with E-state index >= 15 is 0 Å². The first-order valence-corrected chi connectivity index (χ1v) is 12.8. The molecule has 2 aliphatic rings. The third-order valence-electron chi connectivity index (χ3n) is 6.07. The molecule has 0 aliphatic carbocycles. The Morgan fingerprint density at radius 3 is 2.78 bits per heavy atom. The number of hydrogen-bond donors (Lipinski definition) is 1. The lowest BCUT2D eigenvalue weighted by Gasteiger charge is -2.32. The topological polar surface area (TPSA) is 113 Å². The molecule has 0 unspecified atom stereocenters. The number of aryl methyl sites for hydroxylation is 1. The second-order valence-corrected chi connectivity index (χ2v) is 9.67. The zero-order chi connectivity index (χ0) is 25.2. The van der Waals surface area contributed by atoms with E-state index < -0.39 is 11.1 Å². The number of unbranched alkanes of at least 4 members (excludes halogenated alkanes) is 2. The Hall–Kier alpha value is -3.92. The minimum Gasteiger partial charge on any atom is -0.457 e. The van der Waals surface area contributed by atoms with Gasteiger partial charge in [0.2, 0.25) is 6.17 Å². The number of non-ortho nitro benzene ring substituents is 1. The van der Waals surface area contributed by atoms with Crippen LogP contribution >= 0.6 is 11.8 Å². The molecule has 1 aromatic heterocycles. The van der Waals surface area contributed by atoms with E-state index in [0.717, 1.165) is 36.1 Å². The highest BCUT2D eigenvalue weighted by atomic mass is 32.2. The predicted molar refractivity (Wildman–Crippen MR) is 138 cm³/mol. The number of nitro groups is 1. The van der Waals surface area contributed by atoms with Crippen LogP contribution in [0.5, 0.6) is 0 Å². The van der Waals surface area contributed by atoms with Crippen LogP contribution in [0.3, 0.4) is 0 Å². The van der Waals surface area contributed by atoms with E-state index in [1.54, 1.807) is 18.0 Å². The Balaban J connectivity index is 1.53. The van der Waals surface area contributed by atoms with Gasteiger partial charge in [-0.25, -0.2) is 10.0 Å². The number of para-hydroxylation sites is 1. The van der Waals surface area contributed by atoms with Crippen LogP contribution in [0.25, 0.3) is 17.0 Å². The van der Waals surface area contributed by atoms with Crippen LogP contribution in [0, 0.1) is 17.0 Å². The summed E-state index contributed by atoms with van der Waals surface area (Å²) in [6, 6.07) is 15.8. The van der Waals surface area contributed by atoms with Gasteiger partial charge < -0.3 is 4.42 Å². The first kappa shape index (κ1) is 23.8. The smallest absolute Gasteiger partial charge is 0.276 e. The number of furan rings is 1. The molecule has 0 fully saturated rings. The fourth-order valence-corrected chi connectivity index (χ4v) is 5.13. The summed E-state index contributed by atoms with van der Waals surface area (Å²) in [7, 11) is 0. The first-order valence-electron chi connectivity index (χ1n) is 11.8. The zero-order valence-electron chi connectivity index (χ0n) is 19.9. The van der Waals surface area contributed by atoms with Crippen molar-refractivity contribution in [2.24, 2.45) is 10.1 Å². The average molecular weight is 504 g/mol. The van der Waals surface area contributed by atoms with Gasteiger partial charge in [0.25, 0.3) is 11.6 Å². The van der Waals surface area contributed by atoms with E-state index in [4.69, 9.17) is 14.5 Å². The second kappa shape index (κ2) is 9.98. The van der Waals surface area contributed by atoms with Crippen molar-refractivity contribution in [2.45, 2.75) is 39.3 Å². The number of hydrazone groups is 1. The van der Waals surface area contributed by atoms with Crippen LogP contribution in [0.4, 0.5) is 5.69 Å². The molecule has 5 rings (SSSR count). The highest BCUT2D eigenvalue weighted by molar-refractivity contribution is 8.13. The molecule has 1 N–H and O–H groups in total. The number of thioether (sulfide) groups is 1. The van der Waals surface area contributed by atoms with Gasteiger partial charge in [-0.1, -0.05) is 49.7 Å². The van der Waals surface area contributed by atoms with Gasteiger partial charge in [-0.3, -0.25) is 20.2 Å². The van der Waals surface area contributed by atoms with Gasteiger partial charge in [-0.15, -0.1) is 5.10 Å². The quantitative estimate of drug-likeness (QED) is 0.293. The maximum atomic E-state index is 13.2. The Morgan fingerprint density at radius 2 is 2.00 bits per heavy atom. The van der Waals surface area contributed by atoms with E-state index in [-0.39, 0.29) is 11.6 Å². The van der Waals surface area contributed by atoms with Gasteiger partial charge in [-0.2, -0.15) is 0 Å². The van der Waals surface area contributed by atoms with E-state index in [2.05, 4.69) is 12.2 Å². The number of carbonyl (C=O) groups is 1. The number of hydrogen-bond acceptors (Lipinski definition) is 8. The number of amides is 1. The standard InChI is InChI=1S/C26H25N5O4S/c1-3-4-7-14-36-26-28-25(32)23-19-8-5-6-9-20(19)27-24(30(23)29-26)22-13-12-21(35-22)18-11-10-17(31(33)34)15-16(18)2/h5-6,8-13,15,24H,3-4,7,14H2,1-2H3,(H,28,29,32)/t24-/m0/s1. The van der Waals surface area contributed by atoms with Gasteiger partial charge in [0.15, 0.2) is 10.9 Å². The van der Waals surface area contributed by atoms with Crippen molar-refractivity contribution in [3.63, 3.8) is 0 Å². The van der Waals surface area contributed by atoms with E-state index in [1.165, 1.54) is 23.9 Å². The molecule has 3 aromatic rings. The first-order chi connectivity index (χ1) is 17.5. The minimum absolute atomic E-state index is 0.0267. The largest absolute Gasteiger partial charge is 0.457 e. The lowest BCUT2D eigenvalue weighted by Crippen LogP contribution is -2.50. The molecule has 3 heterocycles. The van der Waals surface area contributed by atoms with Crippen molar-refractivity contribution >= 4 is 34.2 Å². The number of benzene rings is 2. The third-order valence-corrected chi connectivity index (χ3v) is 7.02. The zero-order valence-corrected chi connectivity index (χ0v) is 20.7. The number of nitrogens with one attached hydrogen (secondary N) is 1. The van der Waals surface area contributed by atoms with Gasteiger partial charge >= 0.3 is 0 Å².